The lowest BCUT2D eigenvalue weighted by atomic mass is 10.1. The normalized spacial score (nSPS) is 12.1. The standard InChI is InChI=1S/C18H9F3N2/c19-18(20,21)17-9-12-3-1-2-4-14(12)16-8-13-7-11(10-22)5-6-15(13)23(16)17/h1-9H. The van der Waals surface area contributed by atoms with E-state index in [1.807, 2.05) is 6.07 Å². The Kier molecular flexibility index (Phi) is 2.67. The van der Waals surface area contributed by atoms with Gasteiger partial charge >= 0.3 is 6.18 Å². The third-order valence-electron chi connectivity index (χ3n) is 3.99. The smallest absolute Gasteiger partial charge is 0.305 e. The number of nitrogens with zero attached hydrogens (tertiary/aromatic N) is 2. The Bertz CT molecular complexity index is 1110. The highest BCUT2D eigenvalue weighted by atomic mass is 19.4. The number of pyridine rings is 1. The monoisotopic (exact) mass is 310 g/mol. The van der Waals surface area contributed by atoms with Gasteiger partial charge in [-0.2, -0.15) is 18.4 Å². The number of fused-ring (bicyclic) bond motifs is 5. The zero-order valence-electron chi connectivity index (χ0n) is 11.7. The van der Waals surface area contributed by atoms with Crippen molar-refractivity contribution in [1.82, 2.24) is 4.40 Å². The van der Waals surface area contributed by atoms with E-state index in [4.69, 9.17) is 5.26 Å². The predicted molar refractivity (Wildman–Crippen MR) is 82.1 cm³/mol. The number of nitriles is 1. The zero-order chi connectivity index (χ0) is 16.2. The number of alkyl halides is 3. The summed E-state index contributed by atoms with van der Waals surface area (Å²) in [5, 5.41) is 10.9. The molecule has 2 nitrogen and oxygen atoms in total. The lowest BCUT2D eigenvalue weighted by Crippen LogP contribution is -2.11. The maximum Gasteiger partial charge on any atom is 0.431 e. The summed E-state index contributed by atoms with van der Waals surface area (Å²) in [6.45, 7) is 0. The Morgan fingerprint density at radius 3 is 2.39 bits per heavy atom. The van der Waals surface area contributed by atoms with E-state index in [0.29, 0.717) is 27.4 Å². The Morgan fingerprint density at radius 1 is 0.870 bits per heavy atom. The number of benzene rings is 2. The summed E-state index contributed by atoms with van der Waals surface area (Å²) >= 11 is 0. The van der Waals surface area contributed by atoms with Crippen LogP contribution in [0.25, 0.3) is 27.2 Å². The summed E-state index contributed by atoms with van der Waals surface area (Å²) < 4.78 is 41.8. The molecular weight excluding hydrogens is 301 g/mol. The molecule has 0 spiro atoms. The first-order valence-corrected chi connectivity index (χ1v) is 6.93. The van der Waals surface area contributed by atoms with Crippen LogP contribution in [0.15, 0.2) is 54.6 Å². The van der Waals surface area contributed by atoms with E-state index in [2.05, 4.69) is 0 Å². The molecule has 0 saturated heterocycles. The fourth-order valence-electron chi connectivity index (χ4n) is 3.02. The van der Waals surface area contributed by atoms with Crippen molar-refractivity contribution in [2.24, 2.45) is 0 Å². The molecule has 23 heavy (non-hydrogen) atoms. The highest BCUT2D eigenvalue weighted by molar-refractivity contribution is 6.03. The summed E-state index contributed by atoms with van der Waals surface area (Å²) in [4.78, 5) is 0. The van der Waals surface area contributed by atoms with Crippen LogP contribution in [0, 0.1) is 11.3 Å². The Morgan fingerprint density at radius 2 is 1.65 bits per heavy atom. The molecule has 2 heterocycles. The summed E-state index contributed by atoms with van der Waals surface area (Å²) in [6.07, 6.45) is -4.47. The zero-order valence-corrected chi connectivity index (χ0v) is 11.7. The van der Waals surface area contributed by atoms with Crippen LogP contribution in [0.1, 0.15) is 11.3 Å². The van der Waals surface area contributed by atoms with Crippen LogP contribution in [0.2, 0.25) is 0 Å². The van der Waals surface area contributed by atoms with E-state index in [-0.39, 0.29) is 0 Å². The maximum absolute atomic E-state index is 13.5. The second-order valence-electron chi connectivity index (χ2n) is 5.36. The van der Waals surface area contributed by atoms with Crippen LogP contribution in [0.4, 0.5) is 13.2 Å². The van der Waals surface area contributed by atoms with Crippen LogP contribution >= 0.6 is 0 Å². The van der Waals surface area contributed by atoms with Crippen molar-refractivity contribution < 1.29 is 13.2 Å². The molecule has 0 fully saturated rings. The molecule has 0 unspecified atom stereocenters. The van der Waals surface area contributed by atoms with Crippen molar-refractivity contribution in [3.63, 3.8) is 0 Å². The fraction of sp³-hybridized carbons (Fsp3) is 0.0556. The highest BCUT2D eigenvalue weighted by Gasteiger charge is 2.34. The molecule has 2 aromatic carbocycles. The average molecular weight is 310 g/mol. The molecule has 0 radical (unpaired) electrons. The van der Waals surface area contributed by atoms with Gasteiger partial charge in [-0.1, -0.05) is 24.3 Å². The van der Waals surface area contributed by atoms with Gasteiger partial charge in [-0.05, 0) is 35.7 Å². The van der Waals surface area contributed by atoms with Crippen molar-refractivity contribution in [2.75, 3.05) is 0 Å². The van der Waals surface area contributed by atoms with Crippen molar-refractivity contribution in [3.8, 4) is 6.07 Å². The molecule has 0 N–H and O–H groups in total. The molecule has 0 aliphatic carbocycles. The van der Waals surface area contributed by atoms with Crippen molar-refractivity contribution in [2.45, 2.75) is 6.18 Å². The summed E-state index contributed by atoms with van der Waals surface area (Å²) in [6, 6.07) is 16.6. The van der Waals surface area contributed by atoms with Gasteiger partial charge in [-0.15, -0.1) is 0 Å². The van der Waals surface area contributed by atoms with E-state index in [0.717, 1.165) is 5.39 Å². The summed E-state index contributed by atoms with van der Waals surface area (Å²) in [5.41, 5.74) is 0.634. The topological polar surface area (TPSA) is 28.2 Å². The van der Waals surface area contributed by atoms with Gasteiger partial charge in [0.1, 0.15) is 5.69 Å². The lowest BCUT2D eigenvalue weighted by Gasteiger charge is -2.13. The molecule has 0 atom stereocenters. The molecule has 0 saturated carbocycles. The molecule has 0 aliphatic rings. The van der Waals surface area contributed by atoms with Crippen LogP contribution in [0.5, 0.6) is 0 Å². The Balaban J connectivity index is 2.28. The first-order valence-electron chi connectivity index (χ1n) is 6.93. The Hall–Kier alpha value is -3.00. The molecule has 0 aliphatic heterocycles. The Labute approximate surface area is 129 Å². The first kappa shape index (κ1) is 13.6. The fourth-order valence-corrected chi connectivity index (χ4v) is 3.02. The van der Waals surface area contributed by atoms with Crippen LogP contribution in [-0.4, -0.2) is 4.40 Å². The predicted octanol–water partition coefficient (Wildman–Crippen LogP) is 5.14. The second kappa shape index (κ2) is 4.50. The number of rotatable bonds is 0. The minimum atomic E-state index is -4.47. The van der Waals surface area contributed by atoms with E-state index >= 15 is 0 Å². The molecule has 4 rings (SSSR count). The minimum Gasteiger partial charge on any atom is -0.305 e. The molecule has 112 valence electrons. The van der Waals surface area contributed by atoms with Gasteiger partial charge in [-0.25, -0.2) is 0 Å². The first-order chi connectivity index (χ1) is 11.0. The summed E-state index contributed by atoms with van der Waals surface area (Å²) in [5.74, 6) is 0. The molecular formula is C18H9F3N2. The van der Waals surface area contributed by atoms with Crippen LogP contribution in [0.3, 0.4) is 0 Å². The van der Waals surface area contributed by atoms with E-state index in [9.17, 15) is 13.2 Å². The lowest BCUT2D eigenvalue weighted by molar-refractivity contribution is -0.141. The number of halogens is 3. The van der Waals surface area contributed by atoms with E-state index in [1.165, 1.54) is 16.5 Å². The quantitative estimate of drug-likeness (QED) is 0.442. The minimum absolute atomic E-state index is 0.422. The van der Waals surface area contributed by atoms with Gasteiger partial charge < -0.3 is 4.40 Å². The summed E-state index contributed by atoms with van der Waals surface area (Å²) in [7, 11) is 0. The van der Waals surface area contributed by atoms with Gasteiger partial charge in [0.2, 0.25) is 0 Å². The second-order valence-corrected chi connectivity index (χ2v) is 5.36. The number of hydrogen-bond acceptors (Lipinski definition) is 1. The average Bonchev–Trinajstić information content (AvgIpc) is 2.91. The van der Waals surface area contributed by atoms with E-state index in [1.54, 1.807) is 42.5 Å². The number of aromatic nitrogens is 1. The SMILES string of the molecule is N#Cc1ccc2c(c1)cc1c3ccccc3cc(C(F)(F)F)n21. The van der Waals surface area contributed by atoms with Crippen molar-refractivity contribution >= 4 is 27.2 Å². The van der Waals surface area contributed by atoms with Crippen LogP contribution < -0.4 is 0 Å². The molecule has 5 heteroatoms. The molecule has 4 aromatic rings. The number of hydrogen-bond donors (Lipinski definition) is 0. The van der Waals surface area contributed by atoms with Crippen LogP contribution in [-0.2, 0) is 6.18 Å². The third kappa shape index (κ3) is 1.95. The van der Waals surface area contributed by atoms with E-state index < -0.39 is 11.9 Å². The molecule has 0 bridgehead atoms. The van der Waals surface area contributed by atoms with Crippen molar-refractivity contribution in [1.29, 1.82) is 5.26 Å². The molecule has 0 amide bonds. The van der Waals surface area contributed by atoms with Gasteiger partial charge in [0, 0.05) is 10.8 Å². The van der Waals surface area contributed by atoms with Gasteiger partial charge in [0.05, 0.1) is 22.7 Å². The molecule has 2 aromatic heterocycles. The highest BCUT2D eigenvalue weighted by Crippen LogP contribution is 2.36. The van der Waals surface area contributed by atoms with Gasteiger partial charge in [0.25, 0.3) is 0 Å². The maximum atomic E-state index is 13.5. The largest absolute Gasteiger partial charge is 0.431 e. The van der Waals surface area contributed by atoms with Gasteiger partial charge in [0.15, 0.2) is 0 Å². The third-order valence-corrected chi connectivity index (χ3v) is 3.99. The van der Waals surface area contributed by atoms with Crippen molar-refractivity contribution in [3.05, 3.63) is 65.9 Å². The van der Waals surface area contributed by atoms with Gasteiger partial charge in [-0.3, -0.25) is 0 Å².